The van der Waals surface area contributed by atoms with Gasteiger partial charge in [-0.25, -0.2) is 18.1 Å². The quantitative estimate of drug-likeness (QED) is 0.636. The Morgan fingerprint density at radius 1 is 1.58 bits per heavy atom. The highest BCUT2D eigenvalue weighted by Crippen LogP contribution is 2.15. The van der Waals surface area contributed by atoms with Crippen molar-refractivity contribution in [1.82, 2.24) is 9.71 Å². The molecule has 1 rings (SSSR count). The van der Waals surface area contributed by atoms with Crippen LogP contribution in [0.15, 0.2) is 23.2 Å². The number of hydrogen-bond acceptors (Lipinski definition) is 6. The summed E-state index contributed by atoms with van der Waals surface area (Å²) in [6.07, 6.45) is 1.72. The third-order valence-corrected chi connectivity index (χ3v) is 4.03. The van der Waals surface area contributed by atoms with Crippen LogP contribution in [0.2, 0.25) is 0 Å². The van der Waals surface area contributed by atoms with Gasteiger partial charge in [0.25, 0.3) is 0 Å². The first-order chi connectivity index (χ1) is 8.78. The maximum Gasteiger partial charge on any atom is 0.244 e. The lowest BCUT2D eigenvalue weighted by atomic mass is 10.0. The van der Waals surface area contributed by atoms with Crippen molar-refractivity contribution in [2.45, 2.75) is 23.8 Å². The molecule has 0 amide bonds. The zero-order valence-corrected chi connectivity index (χ0v) is 11.8. The molecule has 0 aliphatic rings. The van der Waals surface area contributed by atoms with Crippen LogP contribution in [0, 0.1) is 0 Å². The molecular weight excluding hydrogens is 270 g/mol. The highest BCUT2D eigenvalue weighted by Gasteiger charge is 2.25. The number of pyridine rings is 1. The van der Waals surface area contributed by atoms with E-state index in [2.05, 4.69) is 9.71 Å². The number of sulfonamides is 1. The van der Waals surface area contributed by atoms with E-state index in [0.29, 0.717) is 13.0 Å². The van der Waals surface area contributed by atoms with Crippen LogP contribution in [0.25, 0.3) is 0 Å². The van der Waals surface area contributed by atoms with Gasteiger partial charge in [0.1, 0.15) is 10.7 Å². The summed E-state index contributed by atoms with van der Waals surface area (Å²) in [6, 6.07) is 2.84. The second kappa shape index (κ2) is 6.29. The third kappa shape index (κ3) is 4.75. The summed E-state index contributed by atoms with van der Waals surface area (Å²) < 4.78 is 31.2. The second-order valence-corrected chi connectivity index (χ2v) is 6.19. The van der Waals surface area contributed by atoms with Gasteiger partial charge in [0.2, 0.25) is 10.0 Å². The Labute approximate surface area is 112 Å². The predicted octanol–water partition coefficient (Wildman–Crippen LogP) is -0.270. The van der Waals surface area contributed by atoms with Crippen LogP contribution in [0.5, 0.6) is 0 Å². The molecule has 0 fully saturated rings. The maximum atomic E-state index is 12.0. The Balaban J connectivity index is 2.74. The van der Waals surface area contributed by atoms with E-state index >= 15 is 0 Å². The fourth-order valence-electron chi connectivity index (χ4n) is 1.37. The summed E-state index contributed by atoms with van der Waals surface area (Å²) in [5, 5.41) is 9.97. The molecule has 4 N–H and O–H groups in total. The van der Waals surface area contributed by atoms with Crippen molar-refractivity contribution in [1.29, 1.82) is 0 Å². The Morgan fingerprint density at radius 3 is 2.84 bits per heavy atom. The lowest BCUT2D eigenvalue weighted by Gasteiger charge is -2.23. The van der Waals surface area contributed by atoms with Gasteiger partial charge in [-0.3, -0.25) is 0 Å². The number of rotatable bonds is 7. The number of nitrogen functional groups attached to an aromatic ring is 1. The third-order valence-electron chi connectivity index (χ3n) is 2.58. The van der Waals surface area contributed by atoms with Crippen LogP contribution < -0.4 is 10.5 Å². The molecule has 0 aliphatic carbocycles. The molecule has 1 unspecified atom stereocenters. The van der Waals surface area contributed by atoms with Crippen molar-refractivity contribution in [2.24, 2.45) is 0 Å². The minimum atomic E-state index is -3.79. The molecule has 0 saturated carbocycles. The Hall–Kier alpha value is -1.22. The fourth-order valence-corrected chi connectivity index (χ4v) is 2.61. The molecule has 0 spiro atoms. The van der Waals surface area contributed by atoms with Gasteiger partial charge in [-0.05, 0) is 19.1 Å². The van der Waals surface area contributed by atoms with Crippen molar-refractivity contribution < 1.29 is 18.3 Å². The molecule has 0 aromatic carbocycles. The SMILES string of the molecule is COCCC(C)(O)CNS(=O)(=O)c1cccnc1N. The molecule has 0 aliphatic heterocycles. The summed E-state index contributed by atoms with van der Waals surface area (Å²) in [7, 11) is -2.28. The number of nitrogens with one attached hydrogen (secondary N) is 1. The predicted molar refractivity (Wildman–Crippen MR) is 71.0 cm³/mol. The number of methoxy groups -OCH3 is 1. The van der Waals surface area contributed by atoms with Gasteiger partial charge in [-0.2, -0.15) is 0 Å². The number of ether oxygens (including phenoxy) is 1. The fraction of sp³-hybridized carbons (Fsp3) is 0.545. The molecule has 1 aromatic heterocycles. The summed E-state index contributed by atoms with van der Waals surface area (Å²) in [4.78, 5) is 3.62. The van der Waals surface area contributed by atoms with Crippen molar-refractivity contribution >= 4 is 15.8 Å². The van der Waals surface area contributed by atoms with E-state index in [1.165, 1.54) is 32.4 Å². The molecule has 0 bridgehead atoms. The van der Waals surface area contributed by atoms with E-state index in [0.717, 1.165) is 0 Å². The molecule has 0 saturated heterocycles. The second-order valence-electron chi connectivity index (χ2n) is 4.45. The van der Waals surface area contributed by atoms with Gasteiger partial charge in [0, 0.05) is 32.9 Å². The molecule has 1 aromatic rings. The molecule has 0 radical (unpaired) electrons. The van der Waals surface area contributed by atoms with Crippen LogP contribution in [0.4, 0.5) is 5.82 Å². The Morgan fingerprint density at radius 2 is 2.26 bits per heavy atom. The van der Waals surface area contributed by atoms with Crippen LogP contribution in [0.1, 0.15) is 13.3 Å². The van der Waals surface area contributed by atoms with Crippen LogP contribution in [-0.2, 0) is 14.8 Å². The standard InChI is InChI=1S/C11H19N3O4S/c1-11(15,5-7-18-2)8-14-19(16,17)9-4-3-6-13-10(9)12/h3-4,6,14-15H,5,7-8H2,1-2H3,(H2,12,13). The Kier molecular flexibility index (Phi) is 5.24. The average Bonchev–Trinajstić information content (AvgIpc) is 2.35. The maximum absolute atomic E-state index is 12.0. The summed E-state index contributed by atoms with van der Waals surface area (Å²) in [6.45, 7) is 1.73. The number of hydrogen-bond donors (Lipinski definition) is 3. The van der Waals surface area contributed by atoms with Gasteiger partial charge < -0.3 is 15.6 Å². The number of anilines is 1. The highest BCUT2D eigenvalue weighted by molar-refractivity contribution is 7.89. The van der Waals surface area contributed by atoms with Crippen molar-refractivity contribution in [2.75, 3.05) is 26.0 Å². The van der Waals surface area contributed by atoms with Gasteiger partial charge >= 0.3 is 0 Å². The van der Waals surface area contributed by atoms with Gasteiger partial charge in [0.15, 0.2) is 0 Å². The number of aromatic nitrogens is 1. The van der Waals surface area contributed by atoms with E-state index in [1.54, 1.807) is 0 Å². The van der Waals surface area contributed by atoms with Crippen molar-refractivity contribution in [3.63, 3.8) is 0 Å². The molecule has 7 nitrogen and oxygen atoms in total. The number of nitrogens with two attached hydrogens (primary N) is 1. The monoisotopic (exact) mass is 289 g/mol. The molecule has 1 atom stereocenters. The van der Waals surface area contributed by atoms with Gasteiger partial charge in [-0.15, -0.1) is 0 Å². The first kappa shape index (κ1) is 15.8. The minimum absolute atomic E-state index is 0.0773. The van der Waals surface area contributed by atoms with E-state index < -0.39 is 15.6 Å². The van der Waals surface area contributed by atoms with Crippen LogP contribution in [0.3, 0.4) is 0 Å². The van der Waals surface area contributed by atoms with Crippen molar-refractivity contribution in [3.05, 3.63) is 18.3 Å². The molecule has 1 heterocycles. The first-order valence-corrected chi connectivity index (χ1v) is 7.18. The molecule has 8 heteroatoms. The zero-order valence-electron chi connectivity index (χ0n) is 11.0. The van der Waals surface area contributed by atoms with Gasteiger partial charge in [-0.1, -0.05) is 0 Å². The topological polar surface area (TPSA) is 115 Å². The largest absolute Gasteiger partial charge is 0.389 e. The van der Waals surface area contributed by atoms with Crippen LogP contribution in [-0.4, -0.2) is 44.4 Å². The molecule has 108 valence electrons. The minimum Gasteiger partial charge on any atom is -0.389 e. The molecule has 19 heavy (non-hydrogen) atoms. The lowest BCUT2D eigenvalue weighted by Crippen LogP contribution is -2.41. The first-order valence-electron chi connectivity index (χ1n) is 5.70. The number of nitrogens with zero attached hydrogens (tertiary/aromatic N) is 1. The normalized spacial score (nSPS) is 15.1. The summed E-state index contributed by atoms with van der Waals surface area (Å²) in [5.41, 5.74) is 4.32. The zero-order chi connectivity index (χ0) is 14.5. The number of aliphatic hydroxyl groups is 1. The van der Waals surface area contributed by atoms with Crippen LogP contribution >= 0.6 is 0 Å². The summed E-state index contributed by atoms with van der Waals surface area (Å²) >= 11 is 0. The smallest absolute Gasteiger partial charge is 0.244 e. The van der Waals surface area contributed by atoms with Gasteiger partial charge in [0.05, 0.1) is 5.60 Å². The van der Waals surface area contributed by atoms with E-state index in [-0.39, 0.29) is 17.3 Å². The van der Waals surface area contributed by atoms with E-state index in [4.69, 9.17) is 10.5 Å². The van der Waals surface area contributed by atoms with E-state index in [1.807, 2.05) is 0 Å². The average molecular weight is 289 g/mol. The Bertz CT molecular complexity index is 516. The lowest BCUT2D eigenvalue weighted by molar-refractivity contribution is 0.0292. The van der Waals surface area contributed by atoms with E-state index in [9.17, 15) is 13.5 Å². The highest BCUT2D eigenvalue weighted by atomic mass is 32.2. The molecular formula is C11H19N3O4S. The van der Waals surface area contributed by atoms with Crippen molar-refractivity contribution in [3.8, 4) is 0 Å². The summed E-state index contributed by atoms with van der Waals surface area (Å²) in [5.74, 6) is -0.0773.